The Labute approximate surface area is 241 Å². The number of carbonyl (C=O) groups is 2. The predicted octanol–water partition coefficient (Wildman–Crippen LogP) is 3.56. The lowest BCUT2D eigenvalue weighted by Gasteiger charge is -2.38. The zero-order valence-corrected chi connectivity index (χ0v) is 24.8. The normalized spacial score (nSPS) is 23.7. The second-order valence-corrected chi connectivity index (χ2v) is 11.2. The van der Waals surface area contributed by atoms with Gasteiger partial charge in [0, 0.05) is 51.9 Å². The summed E-state index contributed by atoms with van der Waals surface area (Å²) in [6.45, 7) is 8.25. The van der Waals surface area contributed by atoms with Gasteiger partial charge in [0.1, 0.15) is 35.3 Å². The molecule has 1 saturated heterocycles. The van der Waals surface area contributed by atoms with Crippen molar-refractivity contribution >= 4 is 23.4 Å². The molecule has 1 aromatic heterocycles. The highest BCUT2D eigenvalue weighted by molar-refractivity contribution is 6.33. The summed E-state index contributed by atoms with van der Waals surface area (Å²) in [4.78, 5) is 30.5. The highest BCUT2D eigenvalue weighted by Gasteiger charge is 2.35. The van der Waals surface area contributed by atoms with E-state index in [9.17, 15) is 19.8 Å². The first-order valence-corrected chi connectivity index (χ1v) is 14.2. The number of aryl methyl sites for hydroxylation is 1. The van der Waals surface area contributed by atoms with Gasteiger partial charge in [0.05, 0.1) is 11.6 Å². The molecule has 0 spiro atoms. The Kier molecular flexibility index (Phi) is 12.0. The number of aromatic nitrogens is 1. The minimum atomic E-state index is -1.26. The average molecular weight is 580 g/mol. The van der Waals surface area contributed by atoms with Crippen LogP contribution in [0.1, 0.15) is 56.2 Å². The first-order chi connectivity index (χ1) is 19.0. The molecule has 0 bridgehead atoms. The first kappa shape index (κ1) is 32.0. The Balaban J connectivity index is 2.04. The lowest BCUT2D eigenvalue weighted by Crippen LogP contribution is -2.53. The number of amides is 2. The number of aliphatic hydroxyl groups is 2. The second-order valence-electron chi connectivity index (χ2n) is 10.8. The van der Waals surface area contributed by atoms with E-state index >= 15 is 0 Å². The van der Waals surface area contributed by atoms with Gasteiger partial charge in [-0.15, -0.1) is 0 Å². The van der Waals surface area contributed by atoms with Crippen molar-refractivity contribution in [2.45, 2.75) is 71.3 Å². The third kappa shape index (κ3) is 8.04. The van der Waals surface area contributed by atoms with E-state index in [-0.39, 0.29) is 43.5 Å². The van der Waals surface area contributed by atoms with E-state index in [2.05, 4.69) is 19.0 Å². The monoisotopic (exact) mass is 579 g/mol. The summed E-state index contributed by atoms with van der Waals surface area (Å²) in [6.07, 6.45) is -1.38. The quantitative estimate of drug-likeness (QED) is 0.551. The number of methoxy groups -OCH3 is 1. The van der Waals surface area contributed by atoms with Gasteiger partial charge >= 0.3 is 0 Å². The Bertz CT molecular complexity index is 1120. The highest BCUT2D eigenvalue weighted by atomic mass is 35.5. The summed E-state index contributed by atoms with van der Waals surface area (Å²) in [7, 11) is 1.43. The van der Waals surface area contributed by atoms with Crippen LogP contribution in [-0.4, -0.2) is 101 Å². The zero-order valence-electron chi connectivity index (χ0n) is 24.0. The summed E-state index contributed by atoms with van der Waals surface area (Å²) in [5, 5.41) is 25.8. The molecular formula is C29H42ClN3O7. The number of benzene rings is 1. The van der Waals surface area contributed by atoms with Gasteiger partial charge < -0.3 is 34.0 Å². The molecule has 4 atom stereocenters. The van der Waals surface area contributed by atoms with Gasteiger partial charge in [-0.2, -0.15) is 0 Å². The third-order valence-corrected chi connectivity index (χ3v) is 7.56. The maximum absolute atomic E-state index is 14.4. The molecular weight excluding hydrogens is 538 g/mol. The van der Waals surface area contributed by atoms with Crippen molar-refractivity contribution in [1.82, 2.24) is 15.0 Å². The number of nitrogens with zero attached hydrogens (tertiary/aromatic N) is 3. The molecule has 10 nitrogen and oxygen atoms in total. The van der Waals surface area contributed by atoms with Crippen molar-refractivity contribution in [3.8, 4) is 11.3 Å². The van der Waals surface area contributed by atoms with Crippen molar-refractivity contribution < 1.29 is 33.8 Å². The second kappa shape index (κ2) is 14.9. The van der Waals surface area contributed by atoms with Crippen LogP contribution in [0.25, 0.3) is 11.3 Å². The predicted molar refractivity (Wildman–Crippen MR) is 151 cm³/mol. The van der Waals surface area contributed by atoms with Gasteiger partial charge in [-0.1, -0.05) is 48.8 Å². The zero-order chi connectivity index (χ0) is 29.4. The number of halogens is 1. The largest absolute Gasteiger partial charge is 0.388 e. The van der Waals surface area contributed by atoms with Crippen LogP contribution in [0, 0.1) is 12.8 Å². The van der Waals surface area contributed by atoms with Gasteiger partial charge in [0.2, 0.25) is 5.91 Å². The molecule has 2 aromatic rings. The number of hydrogen-bond donors (Lipinski definition) is 2. The molecule has 40 heavy (non-hydrogen) atoms. The summed E-state index contributed by atoms with van der Waals surface area (Å²) < 4.78 is 16.6. The molecule has 0 saturated carbocycles. The van der Waals surface area contributed by atoms with E-state index in [1.807, 2.05) is 12.1 Å². The Morgan fingerprint density at radius 2 is 1.93 bits per heavy atom. The number of aliphatic hydroxyl groups excluding tert-OH is 2. The van der Waals surface area contributed by atoms with E-state index in [1.165, 1.54) is 14.0 Å². The molecule has 2 heterocycles. The van der Waals surface area contributed by atoms with Crippen LogP contribution < -0.4 is 0 Å². The van der Waals surface area contributed by atoms with Gasteiger partial charge in [-0.05, 0) is 38.2 Å². The van der Waals surface area contributed by atoms with E-state index in [0.29, 0.717) is 60.0 Å². The van der Waals surface area contributed by atoms with Crippen LogP contribution in [0.4, 0.5) is 0 Å². The van der Waals surface area contributed by atoms with Gasteiger partial charge in [0.15, 0.2) is 0 Å². The van der Waals surface area contributed by atoms with E-state index < -0.39 is 18.3 Å². The number of carbonyl (C=O) groups excluding carboxylic acids is 2. The van der Waals surface area contributed by atoms with Crippen molar-refractivity contribution in [3.63, 3.8) is 0 Å². The van der Waals surface area contributed by atoms with Crippen LogP contribution in [0.3, 0.4) is 0 Å². The minimum Gasteiger partial charge on any atom is -0.388 e. The number of hydrogen-bond acceptors (Lipinski definition) is 8. The van der Waals surface area contributed by atoms with Gasteiger partial charge in [-0.25, -0.2) is 0 Å². The minimum absolute atomic E-state index is 0.0395. The molecule has 0 radical (unpaired) electrons. The number of ether oxygens (including phenoxy) is 2. The lowest BCUT2D eigenvalue weighted by atomic mass is 9.98. The van der Waals surface area contributed by atoms with Crippen molar-refractivity contribution in [3.05, 3.63) is 40.6 Å². The van der Waals surface area contributed by atoms with Crippen molar-refractivity contribution in [2.24, 2.45) is 5.92 Å². The fourth-order valence-electron chi connectivity index (χ4n) is 5.06. The first-order valence-electron chi connectivity index (χ1n) is 13.8. The lowest BCUT2D eigenvalue weighted by molar-refractivity contribution is -0.137. The maximum atomic E-state index is 14.4. The van der Waals surface area contributed by atoms with Crippen LogP contribution in [0.15, 0.2) is 28.8 Å². The summed E-state index contributed by atoms with van der Waals surface area (Å²) in [6, 6.07) is 6.81. The Morgan fingerprint density at radius 3 is 2.58 bits per heavy atom. The Morgan fingerprint density at radius 1 is 1.20 bits per heavy atom. The maximum Gasteiger partial charge on any atom is 0.260 e. The molecule has 0 aliphatic carbocycles. The van der Waals surface area contributed by atoms with Crippen LogP contribution >= 0.6 is 11.6 Å². The smallest absolute Gasteiger partial charge is 0.260 e. The molecule has 2 N–H and O–H groups in total. The Hall–Kier alpha value is -2.50. The molecule has 1 aliphatic heterocycles. The summed E-state index contributed by atoms with van der Waals surface area (Å²) in [5.74, 6) is 0.111. The molecule has 1 fully saturated rings. The standard InChI is InChI=1S/C29H42ClN3O7/c1-18(2)14-21-15-32(20(4)34)16-25(38-5)28(36)24(35)17-39-13-9-8-12-33(21)29(37)26-19(3)40-31-27(26)22-10-6-7-11-23(22)30/h6-7,10-11,18,21,24-25,28,35-36H,8-9,12-17H2,1-5H3/t21-,24+,25+,28+/m0/s1. The average Bonchev–Trinajstić information content (AvgIpc) is 3.29. The van der Waals surface area contributed by atoms with Crippen LogP contribution in [-0.2, 0) is 14.3 Å². The summed E-state index contributed by atoms with van der Waals surface area (Å²) in [5.41, 5.74) is 1.31. The van der Waals surface area contributed by atoms with E-state index in [4.69, 9.17) is 25.6 Å². The van der Waals surface area contributed by atoms with Crippen molar-refractivity contribution in [2.75, 3.05) is 40.0 Å². The van der Waals surface area contributed by atoms with Gasteiger partial charge in [0.25, 0.3) is 5.91 Å². The molecule has 222 valence electrons. The van der Waals surface area contributed by atoms with Crippen LogP contribution in [0.2, 0.25) is 5.02 Å². The topological polar surface area (TPSA) is 126 Å². The van der Waals surface area contributed by atoms with E-state index in [1.54, 1.807) is 28.9 Å². The molecule has 0 unspecified atom stereocenters. The fraction of sp³-hybridized carbons (Fsp3) is 0.621. The number of rotatable bonds is 5. The van der Waals surface area contributed by atoms with Crippen molar-refractivity contribution in [1.29, 1.82) is 0 Å². The molecule has 1 aliphatic rings. The molecule has 3 rings (SSSR count). The summed E-state index contributed by atoms with van der Waals surface area (Å²) >= 11 is 6.47. The van der Waals surface area contributed by atoms with Gasteiger partial charge in [-0.3, -0.25) is 9.59 Å². The fourth-order valence-corrected chi connectivity index (χ4v) is 5.29. The molecule has 1 aromatic carbocycles. The highest BCUT2D eigenvalue weighted by Crippen LogP contribution is 2.32. The van der Waals surface area contributed by atoms with E-state index in [0.717, 1.165) is 0 Å². The SMILES string of the molecule is CO[C@@H]1CN(C(C)=O)C[C@H](CC(C)C)N(C(=O)c2c(-c3ccccc3Cl)noc2C)CCCCOC[C@@H](O)[C@H]1O. The molecule has 11 heteroatoms. The van der Waals surface area contributed by atoms with Crippen LogP contribution in [0.5, 0.6) is 0 Å². The molecule has 2 amide bonds. The third-order valence-electron chi connectivity index (χ3n) is 7.23.